The highest BCUT2D eigenvalue weighted by Crippen LogP contribution is 2.25. The third-order valence-electron chi connectivity index (χ3n) is 4.44. The monoisotopic (exact) mass is 387 g/mol. The molecular weight excluding hydrogens is 366 g/mol. The fourth-order valence-electron chi connectivity index (χ4n) is 3.15. The largest absolute Gasteiger partial charge is 0.455 e. The first kappa shape index (κ1) is 19.1. The van der Waals surface area contributed by atoms with Gasteiger partial charge in [-0.1, -0.05) is 60.7 Å². The van der Waals surface area contributed by atoms with E-state index in [1.807, 2.05) is 60.7 Å². The van der Waals surface area contributed by atoms with E-state index < -0.39 is 40.3 Å². The molecule has 0 radical (unpaired) electrons. The van der Waals surface area contributed by atoms with E-state index >= 15 is 0 Å². The van der Waals surface area contributed by atoms with Crippen LogP contribution in [0.15, 0.2) is 60.7 Å². The summed E-state index contributed by atoms with van der Waals surface area (Å²) in [5.41, 5.74) is 1.55. The van der Waals surface area contributed by atoms with Gasteiger partial charge in [0.1, 0.15) is 5.92 Å². The number of hydrogen-bond donors (Lipinski definition) is 1. The molecule has 0 spiro atoms. The summed E-state index contributed by atoms with van der Waals surface area (Å²) in [7, 11) is -3.08. The zero-order valence-electron chi connectivity index (χ0n) is 14.7. The Morgan fingerprint density at radius 1 is 1.00 bits per heavy atom. The van der Waals surface area contributed by atoms with Crippen LogP contribution in [0.1, 0.15) is 23.5 Å². The predicted octanol–water partition coefficient (Wildman–Crippen LogP) is 1.67. The van der Waals surface area contributed by atoms with Gasteiger partial charge < -0.3 is 10.1 Å². The third kappa shape index (κ3) is 5.17. The molecule has 0 aliphatic carbocycles. The van der Waals surface area contributed by atoms with Crippen molar-refractivity contribution in [3.05, 3.63) is 71.8 Å². The average molecular weight is 387 g/mol. The Morgan fingerprint density at radius 2 is 1.56 bits per heavy atom. The first-order valence-corrected chi connectivity index (χ1v) is 10.5. The van der Waals surface area contributed by atoms with Crippen LogP contribution in [-0.4, -0.2) is 44.4 Å². The molecule has 0 unspecified atom stereocenters. The van der Waals surface area contributed by atoms with Gasteiger partial charge in [0.05, 0.1) is 11.5 Å². The lowest BCUT2D eigenvalue weighted by Crippen LogP contribution is -2.38. The van der Waals surface area contributed by atoms with Gasteiger partial charge in [-0.2, -0.15) is 0 Å². The Bertz CT molecular complexity index is 857. The number of carbonyl (C=O) groups is 2. The quantitative estimate of drug-likeness (QED) is 0.762. The molecule has 0 aromatic heterocycles. The maximum Gasteiger partial charge on any atom is 0.318 e. The standard InChI is InChI=1S/C20H21NO5S/c22-18(21-17-11-12-27(24,25)14-17)13-26-20(23)19(15-7-3-1-4-8-15)16-9-5-2-6-10-16/h1-10,17,19H,11-14H2,(H,21,22)/t17-/m0/s1. The highest BCUT2D eigenvalue weighted by atomic mass is 32.2. The van der Waals surface area contributed by atoms with Crippen molar-refractivity contribution in [3.8, 4) is 0 Å². The van der Waals surface area contributed by atoms with E-state index in [0.717, 1.165) is 11.1 Å². The number of nitrogens with one attached hydrogen (secondary N) is 1. The zero-order chi connectivity index (χ0) is 19.3. The fourth-order valence-corrected chi connectivity index (χ4v) is 4.83. The summed E-state index contributed by atoms with van der Waals surface area (Å²) in [6, 6.07) is 18.0. The van der Waals surface area contributed by atoms with Gasteiger partial charge in [-0.15, -0.1) is 0 Å². The molecular formula is C20H21NO5S. The second-order valence-electron chi connectivity index (χ2n) is 6.53. The summed E-state index contributed by atoms with van der Waals surface area (Å²) in [5, 5.41) is 2.61. The van der Waals surface area contributed by atoms with Crippen LogP contribution >= 0.6 is 0 Å². The highest BCUT2D eigenvalue weighted by molar-refractivity contribution is 7.91. The van der Waals surface area contributed by atoms with Crippen molar-refractivity contribution >= 4 is 21.7 Å². The van der Waals surface area contributed by atoms with Crippen molar-refractivity contribution in [1.82, 2.24) is 5.32 Å². The number of rotatable bonds is 6. The Hall–Kier alpha value is -2.67. The van der Waals surface area contributed by atoms with E-state index in [-0.39, 0.29) is 11.5 Å². The Balaban J connectivity index is 1.64. The van der Waals surface area contributed by atoms with Crippen LogP contribution in [0.3, 0.4) is 0 Å². The van der Waals surface area contributed by atoms with Crippen molar-refractivity contribution in [2.24, 2.45) is 0 Å². The van der Waals surface area contributed by atoms with E-state index in [2.05, 4.69) is 5.32 Å². The summed E-state index contributed by atoms with van der Waals surface area (Å²) in [5.74, 6) is -1.65. The molecule has 3 rings (SSSR count). The molecule has 1 aliphatic rings. The second-order valence-corrected chi connectivity index (χ2v) is 8.76. The number of benzene rings is 2. The second kappa shape index (κ2) is 8.35. The predicted molar refractivity (Wildman–Crippen MR) is 101 cm³/mol. The molecule has 2 aromatic rings. The zero-order valence-corrected chi connectivity index (χ0v) is 15.5. The van der Waals surface area contributed by atoms with Crippen LogP contribution in [0.4, 0.5) is 0 Å². The number of esters is 1. The molecule has 142 valence electrons. The van der Waals surface area contributed by atoms with E-state index in [9.17, 15) is 18.0 Å². The van der Waals surface area contributed by atoms with Gasteiger partial charge in [-0.05, 0) is 17.5 Å². The number of amides is 1. The molecule has 2 aromatic carbocycles. The van der Waals surface area contributed by atoms with E-state index in [1.165, 1.54) is 0 Å². The average Bonchev–Trinajstić information content (AvgIpc) is 3.00. The summed E-state index contributed by atoms with van der Waals surface area (Å²) in [6.45, 7) is -0.439. The lowest BCUT2D eigenvalue weighted by Gasteiger charge is -2.17. The van der Waals surface area contributed by atoms with Crippen LogP contribution in [-0.2, 0) is 24.2 Å². The molecule has 7 heteroatoms. The number of ether oxygens (including phenoxy) is 1. The van der Waals surface area contributed by atoms with Crippen molar-refractivity contribution in [3.63, 3.8) is 0 Å². The number of hydrogen-bond acceptors (Lipinski definition) is 5. The van der Waals surface area contributed by atoms with Crippen LogP contribution < -0.4 is 5.32 Å². The minimum Gasteiger partial charge on any atom is -0.455 e. The molecule has 0 bridgehead atoms. The highest BCUT2D eigenvalue weighted by Gasteiger charge is 2.30. The molecule has 6 nitrogen and oxygen atoms in total. The van der Waals surface area contributed by atoms with Crippen molar-refractivity contribution < 1.29 is 22.7 Å². The summed E-state index contributed by atoms with van der Waals surface area (Å²) >= 11 is 0. The molecule has 1 saturated heterocycles. The first-order valence-electron chi connectivity index (χ1n) is 8.71. The Morgan fingerprint density at radius 3 is 2.04 bits per heavy atom. The summed E-state index contributed by atoms with van der Waals surface area (Å²) < 4.78 is 28.1. The van der Waals surface area contributed by atoms with E-state index in [4.69, 9.17) is 4.74 Å². The van der Waals surface area contributed by atoms with Gasteiger partial charge in [-0.25, -0.2) is 8.42 Å². The van der Waals surface area contributed by atoms with E-state index in [1.54, 1.807) is 0 Å². The van der Waals surface area contributed by atoms with Crippen LogP contribution in [0.2, 0.25) is 0 Å². The molecule has 0 saturated carbocycles. The van der Waals surface area contributed by atoms with E-state index in [0.29, 0.717) is 6.42 Å². The molecule has 27 heavy (non-hydrogen) atoms. The number of sulfone groups is 1. The van der Waals surface area contributed by atoms with Gasteiger partial charge >= 0.3 is 5.97 Å². The van der Waals surface area contributed by atoms with Crippen molar-refractivity contribution in [1.29, 1.82) is 0 Å². The number of carbonyl (C=O) groups excluding carboxylic acids is 2. The van der Waals surface area contributed by atoms with Crippen molar-refractivity contribution in [2.45, 2.75) is 18.4 Å². The van der Waals surface area contributed by atoms with Gasteiger partial charge in [0.15, 0.2) is 16.4 Å². The fraction of sp³-hybridized carbons (Fsp3) is 0.300. The third-order valence-corrected chi connectivity index (χ3v) is 6.21. The lowest BCUT2D eigenvalue weighted by atomic mass is 9.91. The SMILES string of the molecule is O=C(COC(=O)C(c1ccccc1)c1ccccc1)N[C@H]1CCS(=O)(=O)C1. The van der Waals surface area contributed by atoms with Crippen LogP contribution in [0, 0.1) is 0 Å². The minimum absolute atomic E-state index is 0.0661. The van der Waals surface area contributed by atoms with Crippen LogP contribution in [0.5, 0.6) is 0 Å². The molecule has 1 aliphatic heterocycles. The topological polar surface area (TPSA) is 89.5 Å². The van der Waals surface area contributed by atoms with Crippen molar-refractivity contribution in [2.75, 3.05) is 18.1 Å². The first-order chi connectivity index (χ1) is 12.9. The minimum atomic E-state index is -3.08. The van der Waals surface area contributed by atoms with Gasteiger partial charge in [-0.3, -0.25) is 9.59 Å². The Labute approximate surface area is 158 Å². The molecule has 1 atom stereocenters. The molecule has 1 amide bonds. The summed E-state index contributed by atoms with van der Waals surface area (Å²) in [6.07, 6.45) is 0.388. The maximum atomic E-state index is 12.7. The maximum absolute atomic E-state index is 12.7. The van der Waals surface area contributed by atoms with Gasteiger partial charge in [0.25, 0.3) is 5.91 Å². The van der Waals surface area contributed by atoms with Crippen LogP contribution in [0.25, 0.3) is 0 Å². The Kier molecular flexibility index (Phi) is 5.91. The summed E-state index contributed by atoms with van der Waals surface area (Å²) in [4.78, 5) is 24.7. The molecule has 1 N–H and O–H groups in total. The lowest BCUT2D eigenvalue weighted by molar-refractivity contribution is -0.149. The molecule has 1 heterocycles. The normalized spacial score (nSPS) is 18.2. The van der Waals surface area contributed by atoms with Gasteiger partial charge in [0.2, 0.25) is 0 Å². The smallest absolute Gasteiger partial charge is 0.318 e. The van der Waals surface area contributed by atoms with Gasteiger partial charge in [0, 0.05) is 6.04 Å². The molecule has 1 fully saturated rings.